The summed E-state index contributed by atoms with van der Waals surface area (Å²) in [4.78, 5) is 49.7. The molecule has 52 heavy (non-hydrogen) atoms. The van der Waals surface area contributed by atoms with Crippen LogP contribution >= 0.6 is 11.8 Å². The van der Waals surface area contributed by atoms with E-state index >= 15 is 4.39 Å². The highest BCUT2D eigenvalue weighted by Gasteiger charge is 2.36. The standard InChI is InChI=1S/C36H43F4N7O4S/c37-28-17-26(18-30-33(28)35(50)43-31(42-30)20-52-27-7-9-45(10-8-27)21-36(38,39)40)51-19-22-15-25(16-22)47-13-11-46(12-14-47)24-3-1-23(2-4-24)41-29-5-6-32(48)44-34(29)49/h1-4,17-18,22,25,27,29,41H,5-16,19-21H2,(H,42,43,50)(H,44,48,49). The zero-order chi connectivity index (χ0) is 36.4. The number of aromatic nitrogens is 2. The largest absolute Gasteiger partial charge is 0.493 e. The maximum absolute atomic E-state index is 15.0. The van der Waals surface area contributed by atoms with E-state index in [-0.39, 0.29) is 28.0 Å². The fraction of sp³-hybridized carbons (Fsp3) is 0.556. The van der Waals surface area contributed by atoms with Crippen LogP contribution < -0.4 is 25.8 Å². The van der Waals surface area contributed by atoms with Gasteiger partial charge in [0.25, 0.3) is 5.56 Å². The fourth-order valence-corrected chi connectivity index (χ4v) is 8.65. The first-order valence-electron chi connectivity index (χ1n) is 17.9. The lowest BCUT2D eigenvalue weighted by Gasteiger charge is -2.46. The normalized spacial score (nSPS) is 23.8. The van der Waals surface area contributed by atoms with Crippen LogP contribution in [0.15, 0.2) is 41.2 Å². The van der Waals surface area contributed by atoms with Gasteiger partial charge in [0.2, 0.25) is 11.8 Å². The number of benzene rings is 2. The molecule has 4 heterocycles. The van der Waals surface area contributed by atoms with Gasteiger partial charge in [-0.1, -0.05) is 0 Å². The number of H-pyrrole nitrogens is 1. The highest BCUT2D eigenvalue weighted by atomic mass is 32.2. The minimum Gasteiger partial charge on any atom is -0.493 e. The van der Waals surface area contributed by atoms with Gasteiger partial charge in [-0.25, -0.2) is 9.37 Å². The summed E-state index contributed by atoms with van der Waals surface area (Å²) >= 11 is 1.54. The summed E-state index contributed by atoms with van der Waals surface area (Å²) in [7, 11) is 0. The zero-order valence-electron chi connectivity index (χ0n) is 28.7. The van der Waals surface area contributed by atoms with E-state index in [2.05, 4.69) is 42.5 Å². The van der Waals surface area contributed by atoms with E-state index in [1.807, 2.05) is 12.1 Å². The van der Waals surface area contributed by atoms with Crippen molar-refractivity contribution >= 4 is 45.9 Å². The summed E-state index contributed by atoms with van der Waals surface area (Å²) in [5.74, 6) is 0.229. The molecule has 0 radical (unpaired) electrons. The Bertz CT molecular complexity index is 1810. The van der Waals surface area contributed by atoms with Crippen LogP contribution in [-0.4, -0.2) is 108 Å². The molecule has 1 unspecified atom stereocenters. The van der Waals surface area contributed by atoms with Gasteiger partial charge in [-0.2, -0.15) is 24.9 Å². The van der Waals surface area contributed by atoms with Crippen molar-refractivity contribution < 1.29 is 31.9 Å². The van der Waals surface area contributed by atoms with Crippen LogP contribution in [0.4, 0.5) is 28.9 Å². The maximum Gasteiger partial charge on any atom is 0.401 e. The van der Waals surface area contributed by atoms with Crippen molar-refractivity contribution in [2.45, 2.75) is 67.8 Å². The first-order valence-corrected chi connectivity index (χ1v) is 19.0. The van der Waals surface area contributed by atoms with E-state index in [1.54, 1.807) is 17.8 Å². The second-order valence-corrected chi connectivity index (χ2v) is 15.5. The zero-order valence-corrected chi connectivity index (χ0v) is 29.5. The van der Waals surface area contributed by atoms with E-state index in [0.29, 0.717) is 74.7 Å². The lowest BCUT2D eigenvalue weighted by Crippen LogP contribution is -2.54. The number of carbonyl (C=O) groups is 2. The molecule has 3 aliphatic heterocycles. The number of hydrogen-bond donors (Lipinski definition) is 3. The molecule has 280 valence electrons. The Morgan fingerprint density at radius 3 is 2.38 bits per heavy atom. The van der Waals surface area contributed by atoms with Crippen molar-refractivity contribution in [1.82, 2.24) is 25.1 Å². The van der Waals surface area contributed by atoms with Gasteiger partial charge in [0, 0.05) is 67.4 Å². The van der Waals surface area contributed by atoms with E-state index in [1.165, 1.54) is 11.0 Å². The first-order chi connectivity index (χ1) is 25.0. The summed E-state index contributed by atoms with van der Waals surface area (Å²) in [6.45, 7) is 3.99. The van der Waals surface area contributed by atoms with Crippen LogP contribution in [0.1, 0.15) is 44.3 Å². The highest BCUT2D eigenvalue weighted by Crippen LogP contribution is 2.34. The minimum atomic E-state index is -4.21. The predicted molar refractivity (Wildman–Crippen MR) is 191 cm³/mol. The third-order valence-corrected chi connectivity index (χ3v) is 11.9. The number of likely N-dealkylation sites (tertiary alicyclic amines) is 1. The third kappa shape index (κ3) is 9.00. The Balaban J connectivity index is 0.843. The van der Waals surface area contributed by atoms with Gasteiger partial charge >= 0.3 is 6.18 Å². The predicted octanol–water partition coefficient (Wildman–Crippen LogP) is 4.52. The van der Waals surface area contributed by atoms with Crippen molar-refractivity contribution in [3.63, 3.8) is 0 Å². The average molecular weight is 746 g/mol. The number of fused-ring (bicyclic) bond motifs is 1. The molecule has 3 N–H and O–H groups in total. The molecule has 1 atom stereocenters. The molecule has 4 aliphatic rings. The van der Waals surface area contributed by atoms with Gasteiger partial charge in [0.15, 0.2) is 0 Å². The van der Waals surface area contributed by atoms with Crippen LogP contribution in [0.25, 0.3) is 10.9 Å². The fourth-order valence-electron chi connectivity index (χ4n) is 7.58. The molecule has 2 amide bonds. The summed E-state index contributed by atoms with van der Waals surface area (Å²) in [6.07, 6.45) is -0.171. The molecule has 0 spiro atoms. The molecule has 1 aliphatic carbocycles. The quantitative estimate of drug-likeness (QED) is 0.191. The van der Waals surface area contributed by atoms with Crippen LogP contribution in [0.3, 0.4) is 0 Å². The Kier molecular flexibility index (Phi) is 10.9. The van der Waals surface area contributed by atoms with E-state index in [0.717, 1.165) is 50.4 Å². The Morgan fingerprint density at radius 1 is 0.962 bits per heavy atom. The topological polar surface area (TPSA) is 123 Å². The summed E-state index contributed by atoms with van der Waals surface area (Å²) in [5, 5.41) is 5.62. The van der Waals surface area contributed by atoms with Gasteiger partial charge in [-0.15, -0.1) is 0 Å². The first kappa shape index (κ1) is 36.5. The number of thioether (sulfide) groups is 1. The molecule has 0 bridgehead atoms. The van der Waals surface area contributed by atoms with Crippen LogP contribution in [0.5, 0.6) is 5.75 Å². The Morgan fingerprint density at radius 2 is 1.69 bits per heavy atom. The maximum atomic E-state index is 15.0. The second kappa shape index (κ2) is 15.6. The molecular weight excluding hydrogens is 702 g/mol. The minimum absolute atomic E-state index is 0.121. The summed E-state index contributed by atoms with van der Waals surface area (Å²) in [6, 6.07) is 10.9. The second-order valence-electron chi connectivity index (χ2n) is 14.2. The van der Waals surface area contributed by atoms with Crippen molar-refractivity contribution in [3.05, 3.63) is 58.4 Å². The van der Waals surface area contributed by atoms with Gasteiger partial charge in [0.05, 0.1) is 24.4 Å². The number of rotatable bonds is 11. The summed E-state index contributed by atoms with van der Waals surface area (Å²) < 4.78 is 59.1. The number of imide groups is 1. The molecule has 2 aromatic carbocycles. The Hall–Kier alpha value is -3.89. The lowest BCUT2D eigenvalue weighted by atomic mass is 9.79. The number of halogens is 4. The SMILES string of the molecule is O=C1CCC(Nc2ccc(N3CCN(C4CC(COc5cc(F)c6c(=O)[nH]c(CSC7CCN(CC(F)(F)F)CC7)nc6c5)C4)CC3)cc2)C(=O)N1. The van der Waals surface area contributed by atoms with Crippen molar-refractivity contribution in [1.29, 1.82) is 0 Å². The Labute approximate surface area is 302 Å². The average Bonchev–Trinajstić information content (AvgIpc) is 3.08. The number of ether oxygens (including phenoxy) is 1. The molecule has 1 saturated carbocycles. The number of carbonyl (C=O) groups excluding carboxylic acids is 2. The number of amides is 2. The molecule has 3 saturated heterocycles. The molecular formula is C36H43F4N7O4S. The lowest BCUT2D eigenvalue weighted by molar-refractivity contribution is -0.147. The molecule has 11 nitrogen and oxygen atoms in total. The highest BCUT2D eigenvalue weighted by molar-refractivity contribution is 7.99. The number of piperazine rings is 1. The van der Waals surface area contributed by atoms with Crippen LogP contribution in [-0.2, 0) is 15.3 Å². The molecule has 7 rings (SSSR count). The van der Waals surface area contributed by atoms with Crippen molar-refractivity contribution in [2.24, 2.45) is 5.92 Å². The van der Waals surface area contributed by atoms with Gasteiger partial charge in [-0.05, 0) is 75.4 Å². The smallest absolute Gasteiger partial charge is 0.401 e. The number of nitrogens with zero attached hydrogens (tertiary/aromatic N) is 4. The van der Waals surface area contributed by atoms with Gasteiger partial charge in [-0.3, -0.25) is 29.5 Å². The molecule has 1 aromatic heterocycles. The van der Waals surface area contributed by atoms with E-state index in [9.17, 15) is 27.6 Å². The number of nitrogens with one attached hydrogen (secondary N) is 3. The van der Waals surface area contributed by atoms with Crippen LogP contribution in [0, 0.1) is 11.7 Å². The van der Waals surface area contributed by atoms with E-state index < -0.39 is 30.1 Å². The monoisotopic (exact) mass is 745 g/mol. The number of anilines is 2. The van der Waals surface area contributed by atoms with Gasteiger partial charge in [0.1, 0.15) is 28.8 Å². The number of hydrogen-bond acceptors (Lipinski definition) is 10. The number of aromatic amines is 1. The van der Waals surface area contributed by atoms with Crippen molar-refractivity contribution in [2.75, 3.05) is 62.6 Å². The summed E-state index contributed by atoms with van der Waals surface area (Å²) in [5.41, 5.74) is 1.63. The van der Waals surface area contributed by atoms with Crippen LogP contribution in [0.2, 0.25) is 0 Å². The van der Waals surface area contributed by atoms with Crippen molar-refractivity contribution in [3.8, 4) is 5.75 Å². The molecule has 16 heteroatoms. The van der Waals surface area contributed by atoms with E-state index in [4.69, 9.17) is 4.74 Å². The number of piperidine rings is 2. The van der Waals surface area contributed by atoms with Gasteiger partial charge < -0.3 is 19.9 Å². The third-order valence-electron chi connectivity index (χ3n) is 10.5. The molecule has 3 aromatic rings. The number of alkyl halides is 3. The molecule has 4 fully saturated rings.